The van der Waals surface area contributed by atoms with Crippen molar-refractivity contribution >= 4 is 24.3 Å². The number of aromatic nitrogens is 4. The number of nitrogens with zero attached hydrogens (tertiary/aromatic N) is 4. The molecule has 0 radical (unpaired) electrons. The van der Waals surface area contributed by atoms with Gasteiger partial charge in [-0.2, -0.15) is 9.50 Å². The van der Waals surface area contributed by atoms with Gasteiger partial charge in [0.05, 0.1) is 0 Å². The highest BCUT2D eigenvalue weighted by atomic mass is 32.1. The highest BCUT2D eigenvalue weighted by Crippen LogP contribution is 2.09. The van der Waals surface area contributed by atoms with Gasteiger partial charge in [-0.25, -0.2) is 4.98 Å². The average molecular weight is 209 g/mol. The van der Waals surface area contributed by atoms with Crippen molar-refractivity contribution in [2.75, 3.05) is 0 Å². The summed E-state index contributed by atoms with van der Waals surface area (Å²) in [5, 5.41) is 4.41. The Morgan fingerprint density at radius 2 is 2.29 bits per heavy atom. The molecule has 14 heavy (non-hydrogen) atoms. The topological polar surface area (TPSA) is 86.2 Å². The summed E-state index contributed by atoms with van der Waals surface area (Å²) in [5.74, 6) is -0.414. The average Bonchev–Trinajstić information content (AvgIpc) is 2.47. The van der Waals surface area contributed by atoms with E-state index in [1.807, 2.05) is 0 Å². The third-order valence-electron chi connectivity index (χ3n) is 1.64. The molecule has 0 aliphatic heterocycles. The molecule has 0 saturated carbocycles. The summed E-state index contributed by atoms with van der Waals surface area (Å²) in [6, 6.07) is 1.72. The Morgan fingerprint density at radius 1 is 1.57 bits per heavy atom. The fourth-order valence-electron chi connectivity index (χ4n) is 1.07. The van der Waals surface area contributed by atoms with Gasteiger partial charge in [0.1, 0.15) is 5.03 Å². The first-order valence-electron chi connectivity index (χ1n) is 3.81. The summed E-state index contributed by atoms with van der Waals surface area (Å²) in [4.78, 5) is 18.7. The maximum Gasteiger partial charge on any atom is 0.288 e. The van der Waals surface area contributed by atoms with E-state index in [0.29, 0.717) is 10.8 Å². The zero-order valence-electron chi connectivity index (χ0n) is 7.30. The van der Waals surface area contributed by atoms with Crippen molar-refractivity contribution < 1.29 is 4.79 Å². The summed E-state index contributed by atoms with van der Waals surface area (Å²) < 4.78 is 1.36. The molecule has 2 rings (SSSR count). The monoisotopic (exact) mass is 209 g/mol. The normalized spacial score (nSPS) is 10.7. The van der Waals surface area contributed by atoms with Crippen LogP contribution in [0, 0.1) is 6.92 Å². The minimum Gasteiger partial charge on any atom is -0.363 e. The number of carbonyl (C=O) groups is 1. The number of thiol groups is 1. The van der Waals surface area contributed by atoms with Crippen LogP contribution in [0.4, 0.5) is 0 Å². The van der Waals surface area contributed by atoms with Gasteiger partial charge in [0.2, 0.25) is 5.82 Å². The molecule has 0 spiro atoms. The summed E-state index contributed by atoms with van der Waals surface area (Å²) in [6.07, 6.45) is 0. The maximum absolute atomic E-state index is 10.8. The zero-order valence-corrected chi connectivity index (χ0v) is 8.19. The lowest BCUT2D eigenvalue weighted by atomic mass is 10.5. The third kappa shape index (κ3) is 1.31. The molecule has 6 nitrogen and oxygen atoms in total. The van der Waals surface area contributed by atoms with Crippen LogP contribution in [0.3, 0.4) is 0 Å². The molecule has 0 atom stereocenters. The molecule has 72 valence electrons. The van der Waals surface area contributed by atoms with Gasteiger partial charge in [0.25, 0.3) is 11.7 Å². The van der Waals surface area contributed by atoms with Crippen molar-refractivity contribution in [2.45, 2.75) is 11.9 Å². The predicted octanol–water partition coefficient (Wildman–Crippen LogP) is -0.180. The number of hydrogen-bond donors (Lipinski definition) is 2. The van der Waals surface area contributed by atoms with Gasteiger partial charge in [-0.05, 0) is 13.0 Å². The van der Waals surface area contributed by atoms with Crippen molar-refractivity contribution in [1.29, 1.82) is 0 Å². The number of aryl methyl sites for hydroxylation is 1. The molecule has 0 unspecified atom stereocenters. The van der Waals surface area contributed by atoms with Crippen LogP contribution in [0.1, 0.15) is 16.3 Å². The Hall–Kier alpha value is -1.63. The standard InChI is InChI=1S/C7H7N5OS/c1-3-2-4(14)12-7(9-3)10-6(11-12)5(8)13/h2,14H,1H3,(H2,8,13). The highest BCUT2D eigenvalue weighted by Gasteiger charge is 2.11. The molecule has 2 N–H and O–H groups in total. The van der Waals surface area contributed by atoms with Gasteiger partial charge in [-0.1, -0.05) is 0 Å². The van der Waals surface area contributed by atoms with Gasteiger partial charge in [-0.3, -0.25) is 4.79 Å². The van der Waals surface area contributed by atoms with E-state index < -0.39 is 5.91 Å². The van der Waals surface area contributed by atoms with Crippen LogP contribution in [0.15, 0.2) is 11.1 Å². The van der Waals surface area contributed by atoms with Gasteiger partial charge in [-0.15, -0.1) is 17.7 Å². The molecule has 2 aromatic heterocycles. The molecule has 0 bridgehead atoms. The van der Waals surface area contributed by atoms with Crippen molar-refractivity contribution in [3.63, 3.8) is 0 Å². The van der Waals surface area contributed by atoms with Gasteiger partial charge >= 0.3 is 0 Å². The van der Waals surface area contributed by atoms with E-state index in [-0.39, 0.29) is 5.82 Å². The van der Waals surface area contributed by atoms with E-state index in [2.05, 4.69) is 27.7 Å². The predicted molar refractivity (Wildman–Crippen MR) is 51.3 cm³/mol. The van der Waals surface area contributed by atoms with Crippen LogP contribution in [-0.4, -0.2) is 25.5 Å². The molecule has 0 aromatic carbocycles. The zero-order chi connectivity index (χ0) is 10.3. The number of hydrogen-bond acceptors (Lipinski definition) is 5. The van der Waals surface area contributed by atoms with Gasteiger partial charge in [0, 0.05) is 5.69 Å². The second kappa shape index (κ2) is 2.95. The summed E-state index contributed by atoms with van der Waals surface area (Å²) in [6.45, 7) is 1.80. The Labute approximate surface area is 84.6 Å². The lowest BCUT2D eigenvalue weighted by Gasteiger charge is -1.96. The fraction of sp³-hybridized carbons (Fsp3) is 0.143. The highest BCUT2D eigenvalue weighted by molar-refractivity contribution is 7.80. The van der Waals surface area contributed by atoms with E-state index in [1.54, 1.807) is 13.0 Å². The van der Waals surface area contributed by atoms with E-state index >= 15 is 0 Å². The largest absolute Gasteiger partial charge is 0.363 e. The second-order valence-electron chi connectivity index (χ2n) is 2.77. The van der Waals surface area contributed by atoms with Crippen LogP contribution in [0.25, 0.3) is 5.78 Å². The van der Waals surface area contributed by atoms with E-state index in [0.717, 1.165) is 5.69 Å². The first kappa shape index (κ1) is 8.95. The molecule has 1 amide bonds. The molecule has 0 aliphatic carbocycles. The van der Waals surface area contributed by atoms with Crippen LogP contribution in [0.2, 0.25) is 0 Å². The second-order valence-corrected chi connectivity index (χ2v) is 3.23. The molecule has 0 saturated heterocycles. The number of amides is 1. The first-order chi connectivity index (χ1) is 6.58. The van der Waals surface area contributed by atoms with Crippen LogP contribution < -0.4 is 5.73 Å². The van der Waals surface area contributed by atoms with Crippen LogP contribution in [0.5, 0.6) is 0 Å². The van der Waals surface area contributed by atoms with E-state index in [4.69, 9.17) is 5.73 Å². The lowest BCUT2D eigenvalue weighted by Crippen LogP contribution is -2.13. The number of carbonyl (C=O) groups excluding carboxylic acids is 1. The lowest BCUT2D eigenvalue weighted by molar-refractivity contribution is 0.0990. The number of rotatable bonds is 1. The molecule has 0 aliphatic rings. The van der Waals surface area contributed by atoms with Gasteiger partial charge in [0.15, 0.2) is 0 Å². The molecule has 7 heteroatoms. The third-order valence-corrected chi connectivity index (χ3v) is 1.96. The van der Waals surface area contributed by atoms with Crippen molar-refractivity contribution in [3.05, 3.63) is 17.6 Å². The number of nitrogens with two attached hydrogens (primary N) is 1. The van der Waals surface area contributed by atoms with Crippen molar-refractivity contribution in [3.8, 4) is 0 Å². The number of primary amides is 1. The maximum atomic E-state index is 10.8. The SMILES string of the molecule is Cc1cc(S)n2nc(C(N)=O)nc2n1. The van der Waals surface area contributed by atoms with E-state index in [9.17, 15) is 4.79 Å². The molecule has 2 heterocycles. The number of fused-ring (bicyclic) bond motifs is 1. The Balaban J connectivity index is 2.76. The Morgan fingerprint density at radius 3 is 2.93 bits per heavy atom. The molecule has 2 aromatic rings. The van der Waals surface area contributed by atoms with Crippen LogP contribution >= 0.6 is 12.6 Å². The summed E-state index contributed by atoms with van der Waals surface area (Å²) in [7, 11) is 0. The minimum atomic E-state index is -0.680. The summed E-state index contributed by atoms with van der Waals surface area (Å²) >= 11 is 4.17. The summed E-state index contributed by atoms with van der Waals surface area (Å²) in [5.41, 5.74) is 5.79. The van der Waals surface area contributed by atoms with Crippen LogP contribution in [-0.2, 0) is 0 Å². The Bertz CT molecular complexity index is 520. The molecular formula is C7H7N5OS. The van der Waals surface area contributed by atoms with Gasteiger partial charge < -0.3 is 5.73 Å². The first-order valence-corrected chi connectivity index (χ1v) is 4.26. The molecule has 0 fully saturated rings. The quantitative estimate of drug-likeness (QED) is 0.504. The molecular weight excluding hydrogens is 202 g/mol. The minimum absolute atomic E-state index is 0.0570. The van der Waals surface area contributed by atoms with Crippen molar-refractivity contribution in [2.24, 2.45) is 5.73 Å². The smallest absolute Gasteiger partial charge is 0.288 e. The van der Waals surface area contributed by atoms with Crippen molar-refractivity contribution in [1.82, 2.24) is 19.6 Å². The van der Waals surface area contributed by atoms with E-state index in [1.165, 1.54) is 4.52 Å². The Kier molecular flexibility index (Phi) is 1.88. The fourth-order valence-corrected chi connectivity index (χ4v) is 1.39.